The molecule has 1 aliphatic rings. The van der Waals surface area contributed by atoms with Crippen molar-refractivity contribution in [3.8, 4) is 11.5 Å². The Kier molecular flexibility index (Phi) is 11.3. The van der Waals surface area contributed by atoms with E-state index in [9.17, 15) is 18.0 Å². The summed E-state index contributed by atoms with van der Waals surface area (Å²) in [6.45, 7) is 3.47. The Labute approximate surface area is 261 Å². The number of para-hydroxylation sites is 2. The number of hydrogen-bond acceptors (Lipinski definition) is 6. The minimum Gasteiger partial charge on any atom is -0.497 e. The zero-order chi connectivity index (χ0) is 31.7. The second-order valence-corrected chi connectivity index (χ2v) is 13.0. The van der Waals surface area contributed by atoms with Gasteiger partial charge in [-0.25, -0.2) is 8.42 Å². The molecule has 1 fully saturated rings. The molecular formula is C34H43N3O6S. The maximum absolute atomic E-state index is 14.4. The third-order valence-electron chi connectivity index (χ3n) is 8.09. The van der Waals surface area contributed by atoms with E-state index in [1.165, 1.54) is 31.3 Å². The summed E-state index contributed by atoms with van der Waals surface area (Å²) in [5, 5.41) is 3.17. The van der Waals surface area contributed by atoms with Crippen molar-refractivity contribution in [2.75, 3.05) is 25.1 Å². The molecule has 10 heteroatoms. The summed E-state index contributed by atoms with van der Waals surface area (Å²) in [6.07, 6.45) is 5.47. The molecule has 0 spiro atoms. The predicted octanol–water partition coefficient (Wildman–Crippen LogP) is 5.46. The molecule has 1 N–H and O–H groups in total. The number of carbonyl (C=O) groups excluding carboxylic acids is 2. The fourth-order valence-corrected chi connectivity index (χ4v) is 7.00. The Morgan fingerprint density at radius 1 is 0.909 bits per heavy atom. The first-order chi connectivity index (χ1) is 21.2. The van der Waals surface area contributed by atoms with Crippen LogP contribution in [0.5, 0.6) is 11.5 Å². The number of amides is 2. The van der Waals surface area contributed by atoms with Crippen molar-refractivity contribution in [2.24, 2.45) is 0 Å². The molecule has 0 aliphatic heterocycles. The first-order valence-corrected chi connectivity index (χ1v) is 16.6. The molecule has 0 bridgehead atoms. The molecule has 1 saturated carbocycles. The van der Waals surface area contributed by atoms with Gasteiger partial charge < -0.3 is 19.7 Å². The van der Waals surface area contributed by atoms with Crippen LogP contribution < -0.4 is 19.1 Å². The lowest BCUT2D eigenvalue weighted by atomic mass is 9.95. The first-order valence-electron chi connectivity index (χ1n) is 15.1. The number of methoxy groups -OCH3 is 2. The Balaban J connectivity index is 1.73. The smallest absolute Gasteiger partial charge is 0.264 e. The lowest BCUT2D eigenvalue weighted by Crippen LogP contribution is -2.54. The van der Waals surface area contributed by atoms with Gasteiger partial charge >= 0.3 is 0 Å². The number of sulfonamides is 1. The number of nitrogens with zero attached hydrogens (tertiary/aromatic N) is 2. The Morgan fingerprint density at radius 2 is 1.57 bits per heavy atom. The van der Waals surface area contributed by atoms with Crippen LogP contribution in [0.25, 0.3) is 0 Å². The predicted molar refractivity (Wildman–Crippen MR) is 171 cm³/mol. The highest BCUT2D eigenvalue weighted by Crippen LogP contribution is 2.33. The van der Waals surface area contributed by atoms with Crippen molar-refractivity contribution >= 4 is 27.5 Å². The summed E-state index contributed by atoms with van der Waals surface area (Å²) >= 11 is 0. The van der Waals surface area contributed by atoms with Crippen molar-refractivity contribution < 1.29 is 27.5 Å². The largest absolute Gasteiger partial charge is 0.497 e. The first kappa shape index (κ1) is 32.9. The molecule has 44 heavy (non-hydrogen) atoms. The topological polar surface area (TPSA) is 105 Å². The molecule has 4 rings (SSSR count). The van der Waals surface area contributed by atoms with Gasteiger partial charge in [-0.15, -0.1) is 0 Å². The van der Waals surface area contributed by atoms with E-state index in [0.29, 0.717) is 17.9 Å². The maximum Gasteiger partial charge on any atom is 0.264 e. The van der Waals surface area contributed by atoms with Gasteiger partial charge in [0.2, 0.25) is 11.8 Å². The van der Waals surface area contributed by atoms with Gasteiger partial charge in [0, 0.05) is 12.6 Å². The van der Waals surface area contributed by atoms with Gasteiger partial charge in [0.15, 0.2) is 0 Å². The summed E-state index contributed by atoms with van der Waals surface area (Å²) in [4.78, 5) is 29.6. The Hall–Kier alpha value is -4.05. The van der Waals surface area contributed by atoms with E-state index in [1.807, 2.05) is 38.1 Å². The van der Waals surface area contributed by atoms with E-state index < -0.39 is 28.5 Å². The standard InChI is InChI=1S/C34H43N3O6S/c1-5-30(34(39)35-27-11-7-6-8-12-27)36(23-26-17-15-25(2)16-18-26)33(38)24-37(31-13-9-10-14-32(31)43-4)44(40,41)29-21-19-28(42-3)20-22-29/h9-10,13-22,27,30H,5-8,11-12,23-24H2,1-4H3,(H,35,39)/t30-/m0/s1. The molecule has 236 valence electrons. The molecule has 0 unspecified atom stereocenters. The highest BCUT2D eigenvalue weighted by atomic mass is 32.2. The molecule has 3 aromatic carbocycles. The van der Waals surface area contributed by atoms with Crippen molar-refractivity contribution in [1.82, 2.24) is 10.2 Å². The van der Waals surface area contributed by atoms with Crippen LogP contribution in [-0.2, 0) is 26.2 Å². The van der Waals surface area contributed by atoms with Crippen LogP contribution in [0.15, 0.2) is 77.7 Å². The van der Waals surface area contributed by atoms with Crippen LogP contribution in [0.2, 0.25) is 0 Å². The van der Waals surface area contributed by atoms with E-state index in [0.717, 1.165) is 47.5 Å². The monoisotopic (exact) mass is 621 g/mol. The summed E-state index contributed by atoms with van der Waals surface area (Å²) in [5.74, 6) is 0.0772. The fraction of sp³-hybridized carbons (Fsp3) is 0.412. The average Bonchev–Trinajstić information content (AvgIpc) is 3.04. The van der Waals surface area contributed by atoms with Crippen LogP contribution in [0, 0.1) is 6.92 Å². The van der Waals surface area contributed by atoms with Gasteiger partial charge in [-0.05, 0) is 68.1 Å². The van der Waals surface area contributed by atoms with Crippen molar-refractivity contribution in [3.05, 3.63) is 83.9 Å². The lowest BCUT2D eigenvalue weighted by molar-refractivity contribution is -0.140. The van der Waals surface area contributed by atoms with Crippen LogP contribution in [0.4, 0.5) is 5.69 Å². The summed E-state index contributed by atoms with van der Waals surface area (Å²) in [7, 11) is -1.29. The Bertz CT molecular complexity index is 1500. The number of nitrogens with one attached hydrogen (secondary N) is 1. The SMILES string of the molecule is CC[C@@H](C(=O)NC1CCCCC1)N(Cc1ccc(C)cc1)C(=O)CN(c1ccccc1OC)S(=O)(=O)c1ccc(OC)cc1. The fourth-order valence-electron chi connectivity index (χ4n) is 5.58. The minimum absolute atomic E-state index is 0.0100. The normalized spacial score (nSPS) is 14.4. The molecule has 9 nitrogen and oxygen atoms in total. The van der Waals surface area contributed by atoms with Crippen molar-refractivity contribution in [3.63, 3.8) is 0 Å². The van der Waals surface area contributed by atoms with E-state index in [2.05, 4.69) is 5.32 Å². The van der Waals surface area contributed by atoms with Crippen LogP contribution >= 0.6 is 0 Å². The van der Waals surface area contributed by atoms with Crippen LogP contribution in [0.1, 0.15) is 56.6 Å². The van der Waals surface area contributed by atoms with E-state index >= 15 is 0 Å². The van der Waals surface area contributed by atoms with E-state index in [1.54, 1.807) is 36.4 Å². The molecule has 0 saturated heterocycles. The molecule has 3 aromatic rings. The van der Waals surface area contributed by atoms with Crippen LogP contribution in [0.3, 0.4) is 0 Å². The van der Waals surface area contributed by atoms with Gasteiger partial charge in [0.1, 0.15) is 24.1 Å². The van der Waals surface area contributed by atoms with Gasteiger partial charge in [-0.2, -0.15) is 0 Å². The Morgan fingerprint density at radius 3 is 2.18 bits per heavy atom. The highest BCUT2D eigenvalue weighted by Gasteiger charge is 2.35. The zero-order valence-corrected chi connectivity index (χ0v) is 26.8. The molecular weight excluding hydrogens is 578 g/mol. The molecule has 0 radical (unpaired) electrons. The second-order valence-electron chi connectivity index (χ2n) is 11.1. The summed E-state index contributed by atoms with van der Waals surface area (Å²) < 4.78 is 40.1. The minimum atomic E-state index is -4.24. The van der Waals surface area contributed by atoms with Gasteiger partial charge in [0.05, 0.1) is 24.8 Å². The van der Waals surface area contributed by atoms with Gasteiger partial charge in [-0.1, -0.05) is 68.1 Å². The van der Waals surface area contributed by atoms with Gasteiger partial charge in [0.25, 0.3) is 10.0 Å². The number of benzene rings is 3. The van der Waals surface area contributed by atoms with E-state index in [4.69, 9.17) is 9.47 Å². The molecule has 0 aromatic heterocycles. The summed E-state index contributed by atoms with van der Waals surface area (Å²) in [6, 6.07) is 19.7. The number of aryl methyl sites for hydroxylation is 1. The quantitative estimate of drug-likeness (QED) is 0.272. The third kappa shape index (κ3) is 7.91. The highest BCUT2D eigenvalue weighted by molar-refractivity contribution is 7.92. The number of carbonyl (C=O) groups is 2. The number of rotatable bonds is 13. The number of ether oxygens (including phenoxy) is 2. The van der Waals surface area contributed by atoms with Gasteiger partial charge in [-0.3, -0.25) is 13.9 Å². The summed E-state index contributed by atoms with van der Waals surface area (Å²) in [5.41, 5.74) is 2.13. The third-order valence-corrected chi connectivity index (χ3v) is 9.87. The maximum atomic E-state index is 14.4. The van der Waals surface area contributed by atoms with Crippen molar-refractivity contribution in [1.29, 1.82) is 0 Å². The van der Waals surface area contributed by atoms with Crippen molar-refractivity contribution in [2.45, 2.75) is 75.9 Å². The molecule has 1 aliphatic carbocycles. The number of hydrogen-bond donors (Lipinski definition) is 1. The molecule has 1 atom stereocenters. The molecule has 0 heterocycles. The second kappa shape index (κ2) is 15.1. The van der Waals surface area contributed by atoms with Crippen LogP contribution in [-0.4, -0.2) is 58.0 Å². The van der Waals surface area contributed by atoms with E-state index in [-0.39, 0.29) is 29.1 Å². The average molecular weight is 622 g/mol. The number of anilines is 1. The molecule has 2 amide bonds. The lowest BCUT2D eigenvalue weighted by Gasteiger charge is -2.34. The zero-order valence-electron chi connectivity index (χ0n) is 26.0.